The van der Waals surface area contributed by atoms with Crippen LogP contribution >= 0.6 is 11.6 Å². The molecule has 0 aromatic heterocycles. The van der Waals surface area contributed by atoms with Crippen molar-refractivity contribution in [1.29, 1.82) is 0 Å². The lowest BCUT2D eigenvalue weighted by Gasteiger charge is -2.31. The number of halogens is 1. The normalized spacial score (nSPS) is 18.0. The van der Waals surface area contributed by atoms with Crippen LogP contribution in [0.4, 0.5) is 5.69 Å². The number of cyclic esters (lactones) is 1. The molecule has 118 valence electrons. The number of esters is 1. The highest BCUT2D eigenvalue weighted by Crippen LogP contribution is 2.34. The monoisotopic (exact) mass is 327 g/mol. The SMILES string of the molecule is CC1(C)OC(=O)C=C(C[C@@H](O)c2ccc(Cl)cc2[N+](=O)[O-])O1. The fraction of sp³-hybridized carbons (Fsp3) is 0.357. The van der Waals surface area contributed by atoms with E-state index in [1.807, 2.05) is 0 Å². The smallest absolute Gasteiger partial charge is 0.337 e. The Balaban J connectivity index is 2.25. The first-order chi connectivity index (χ1) is 10.2. The van der Waals surface area contributed by atoms with Gasteiger partial charge in [0.25, 0.3) is 5.69 Å². The summed E-state index contributed by atoms with van der Waals surface area (Å²) in [5.74, 6) is -1.55. The van der Waals surface area contributed by atoms with Gasteiger partial charge in [-0.15, -0.1) is 0 Å². The fourth-order valence-electron chi connectivity index (χ4n) is 2.13. The molecule has 0 amide bonds. The van der Waals surface area contributed by atoms with E-state index in [1.165, 1.54) is 12.1 Å². The third-order valence-electron chi connectivity index (χ3n) is 2.94. The van der Waals surface area contributed by atoms with Crippen molar-refractivity contribution in [2.75, 3.05) is 0 Å². The molecule has 0 saturated carbocycles. The van der Waals surface area contributed by atoms with Crippen molar-refractivity contribution in [1.82, 2.24) is 0 Å². The third kappa shape index (κ3) is 3.75. The average molecular weight is 328 g/mol. The van der Waals surface area contributed by atoms with Crippen LogP contribution in [0.3, 0.4) is 0 Å². The molecule has 1 aromatic carbocycles. The van der Waals surface area contributed by atoms with E-state index in [9.17, 15) is 20.0 Å². The Kier molecular flexibility index (Phi) is 4.39. The van der Waals surface area contributed by atoms with Gasteiger partial charge in [-0.25, -0.2) is 4.79 Å². The van der Waals surface area contributed by atoms with E-state index < -0.39 is 22.8 Å². The number of hydrogen-bond donors (Lipinski definition) is 1. The first-order valence-corrected chi connectivity index (χ1v) is 6.80. The number of rotatable bonds is 4. The molecule has 1 heterocycles. The Morgan fingerprint density at radius 1 is 1.41 bits per heavy atom. The largest absolute Gasteiger partial charge is 0.457 e. The topological polar surface area (TPSA) is 98.9 Å². The molecule has 0 spiro atoms. The van der Waals surface area contributed by atoms with Gasteiger partial charge < -0.3 is 14.6 Å². The second-order valence-electron chi connectivity index (χ2n) is 5.21. The van der Waals surface area contributed by atoms with Gasteiger partial charge in [0.2, 0.25) is 5.79 Å². The number of nitrogens with zero attached hydrogens (tertiary/aromatic N) is 1. The van der Waals surface area contributed by atoms with Gasteiger partial charge in [0.1, 0.15) is 5.76 Å². The summed E-state index contributed by atoms with van der Waals surface area (Å²) < 4.78 is 10.3. The molecule has 1 aliphatic heterocycles. The van der Waals surface area contributed by atoms with E-state index in [2.05, 4.69) is 0 Å². The van der Waals surface area contributed by atoms with Gasteiger partial charge in [-0.05, 0) is 12.1 Å². The van der Waals surface area contributed by atoms with E-state index in [4.69, 9.17) is 21.1 Å². The lowest BCUT2D eigenvalue weighted by Crippen LogP contribution is -2.34. The van der Waals surface area contributed by atoms with Gasteiger partial charge in [-0.2, -0.15) is 0 Å². The number of carbonyl (C=O) groups excluding carboxylic acids is 1. The number of nitro groups is 1. The molecule has 0 fully saturated rings. The number of nitro benzene ring substituents is 1. The Morgan fingerprint density at radius 3 is 2.68 bits per heavy atom. The second kappa shape index (κ2) is 5.94. The van der Waals surface area contributed by atoms with Crippen molar-refractivity contribution in [3.05, 3.63) is 50.7 Å². The van der Waals surface area contributed by atoms with Crippen molar-refractivity contribution in [3.8, 4) is 0 Å². The van der Waals surface area contributed by atoms with Gasteiger partial charge in [0, 0.05) is 31.4 Å². The number of aliphatic hydroxyl groups excluding tert-OH is 1. The first kappa shape index (κ1) is 16.3. The van der Waals surface area contributed by atoms with Crippen LogP contribution in [-0.2, 0) is 14.3 Å². The highest BCUT2D eigenvalue weighted by molar-refractivity contribution is 6.30. The van der Waals surface area contributed by atoms with Gasteiger partial charge in [0.05, 0.1) is 22.7 Å². The summed E-state index contributed by atoms with van der Waals surface area (Å²) in [4.78, 5) is 21.9. The van der Waals surface area contributed by atoms with Crippen LogP contribution in [0.25, 0.3) is 0 Å². The zero-order valence-electron chi connectivity index (χ0n) is 11.9. The average Bonchev–Trinajstić information content (AvgIpc) is 2.35. The quantitative estimate of drug-likeness (QED) is 0.518. The highest BCUT2D eigenvalue weighted by atomic mass is 35.5. The summed E-state index contributed by atoms with van der Waals surface area (Å²) in [6.07, 6.45) is -0.206. The Hall–Kier alpha value is -2.12. The van der Waals surface area contributed by atoms with Crippen LogP contribution in [0.1, 0.15) is 31.9 Å². The van der Waals surface area contributed by atoms with Gasteiger partial charge in [-0.1, -0.05) is 11.6 Å². The molecule has 22 heavy (non-hydrogen) atoms. The first-order valence-electron chi connectivity index (χ1n) is 6.42. The predicted octanol–water partition coefficient (Wildman–Crippen LogP) is 2.87. The summed E-state index contributed by atoms with van der Waals surface area (Å²) in [5, 5.41) is 21.5. The van der Waals surface area contributed by atoms with Gasteiger partial charge in [-0.3, -0.25) is 10.1 Å². The minimum absolute atomic E-state index is 0.0932. The maximum absolute atomic E-state index is 11.4. The Morgan fingerprint density at radius 2 is 2.09 bits per heavy atom. The number of ether oxygens (including phenoxy) is 2. The molecule has 7 nitrogen and oxygen atoms in total. The maximum Gasteiger partial charge on any atom is 0.337 e. The van der Waals surface area contributed by atoms with Crippen LogP contribution in [0.5, 0.6) is 0 Å². The Labute approximate surface area is 131 Å². The van der Waals surface area contributed by atoms with E-state index in [-0.39, 0.29) is 28.5 Å². The molecule has 1 aliphatic rings. The van der Waals surface area contributed by atoms with Crippen LogP contribution < -0.4 is 0 Å². The Bertz CT molecular complexity index is 655. The minimum Gasteiger partial charge on any atom is -0.457 e. The lowest BCUT2D eigenvalue weighted by atomic mass is 10.0. The highest BCUT2D eigenvalue weighted by Gasteiger charge is 2.32. The molecule has 0 saturated heterocycles. The minimum atomic E-state index is -1.22. The van der Waals surface area contributed by atoms with Crippen molar-refractivity contribution in [2.24, 2.45) is 0 Å². The molecule has 0 bridgehead atoms. The summed E-state index contributed by atoms with van der Waals surface area (Å²) in [5.41, 5.74) is -0.200. The van der Waals surface area contributed by atoms with Crippen molar-refractivity contribution < 1.29 is 24.3 Å². The zero-order chi connectivity index (χ0) is 16.5. The van der Waals surface area contributed by atoms with Crippen molar-refractivity contribution in [3.63, 3.8) is 0 Å². The predicted molar refractivity (Wildman–Crippen MR) is 77.0 cm³/mol. The third-order valence-corrected chi connectivity index (χ3v) is 3.18. The summed E-state index contributed by atoms with van der Waals surface area (Å²) >= 11 is 5.73. The number of aliphatic hydroxyl groups is 1. The summed E-state index contributed by atoms with van der Waals surface area (Å²) in [6.45, 7) is 3.10. The molecule has 2 rings (SSSR count). The summed E-state index contributed by atoms with van der Waals surface area (Å²) in [6, 6.07) is 3.98. The molecule has 1 atom stereocenters. The van der Waals surface area contributed by atoms with Crippen LogP contribution in [0, 0.1) is 10.1 Å². The molecule has 0 aliphatic carbocycles. The van der Waals surface area contributed by atoms with Crippen LogP contribution in [0.2, 0.25) is 5.02 Å². The van der Waals surface area contributed by atoms with E-state index in [0.717, 1.165) is 12.1 Å². The van der Waals surface area contributed by atoms with Crippen molar-refractivity contribution in [2.45, 2.75) is 32.2 Å². The summed E-state index contributed by atoms with van der Waals surface area (Å²) in [7, 11) is 0. The maximum atomic E-state index is 11.4. The van der Waals surface area contributed by atoms with E-state index in [1.54, 1.807) is 13.8 Å². The molecule has 1 N–H and O–H groups in total. The number of hydrogen-bond acceptors (Lipinski definition) is 6. The fourth-order valence-corrected chi connectivity index (χ4v) is 2.29. The van der Waals surface area contributed by atoms with Crippen LogP contribution in [0.15, 0.2) is 30.0 Å². The number of carbonyl (C=O) groups is 1. The standard InChI is InChI=1S/C14H14ClNO6/c1-14(2)21-9(7-13(18)22-14)6-12(17)10-4-3-8(15)5-11(10)16(19)20/h3-5,7,12,17H,6H2,1-2H3/t12-/m1/s1. The molecule has 0 radical (unpaired) electrons. The van der Waals surface area contributed by atoms with Crippen LogP contribution in [-0.4, -0.2) is 21.8 Å². The van der Waals surface area contributed by atoms with E-state index in [0.29, 0.717) is 0 Å². The lowest BCUT2D eigenvalue weighted by molar-refractivity contribution is -0.386. The van der Waals surface area contributed by atoms with Gasteiger partial charge in [0.15, 0.2) is 0 Å². The molecular weight excluding hydrogens is 314 g/mol. The second-order valence-corrected chi connectivity index (χ2v) is 5.65. The zero-order valence-corrected chi connectivity index (χ0v) is 12.7. The molecule has 1 aromatic rings. The molecule has 8 heteroatoms. The molecular formula is C14H14ClNO6. The van der Waals surface area contributed by atoms with E-state index >= 15 is 0 Å². The molecule has 0 unspecified atom stereocenters. The van der Waals surface area contributed by atoms with Gasteiger partial charge >= 0.3 is 5.97 Å². The van der Waals surface area contributed by atoms with Crippen molar-refractivity contribution >= 4 is 23.3 Å². The number of benzene rings is 1.